The van der Waals surface area contributed by atoms with E-state index in [9.17, 15) is 19.2 Å². The predicted octanol–water partition coefficient (Wildman–Crippen LogP) is 7.52. The third-order valence-electron chi connectivity index (χ3n) is 13.6. The number of halogens is 2. The number of piperidine rings is 2. The largest absolute Gasteiger partial charge is 0.469 e. The number of esters is 1. The molecule has 2 N–H and O–H groups in total. The van der Waals surface area contributed by atoms with Gasteiger partial charge in [-0.3, -0.25) is 14.4 Å². The van der Waals surface area contributed by atoms with E-state index >= 15 is 0 Å². The Kier molecular flexibility index (Phi) is 9.43. The standard InChI is InChI=1S/C44H46Cl2N6O6/c1-57-36(53)20-30(24-9-10-24)42(54)52-33-16-28(33)18-35(52)41-48-37(40(46)50-41)25-11-5-22(6-12-25)21-3-7-23(8-4-21)29-19-31(47-39(29)45)34-17-27-15-32(27)51(34)43(55)38(26-13-14-26)49-44(56)58-2/h3-8,11-12,24,26-28,30,32-35,38H,9-10,13-20H2,1-2H3,(H,48,50)(H,49,56)/t27-,28-,30+,32-,33-,34+,35+,38+/m1/s1. The van der Waals surface area contributed by atoms with Gasteiger partial charge in [0.15, 0.2) is 0 Å². The number of fused-ring (bicyclic) bond motifs is 2. The Balaban J connectivity index is 0.805. The molecule has 3 amide bonds. The molecule has 0 unspecified atom stereocenters. The van der Waals surface area contributed by atoms with Crippen LogP contribution in [0.4, 0.5) is 4.79 Å². The van der Waals surface area contributed by atoms with Crippen molar-refractivity contribution in [1.29, 1.82) is 0 Å². The average Bonchev–Trinajstić information content (AvgIpc) is 4.14. The summed E-state index contributed by atoms with van der Waals surface area (Å²) in [7, 11) is 2.69. The van der Waals surface area contributed by atoms with Gasteiger partial charge in [0.1, 0.15) is 27.9 Å². The number of alkyl carbamates (subject to hydrolysis) is 1. The molecule has 302 valence electrons. The molecule has 7 aliphatic rings. The SMILES string of the molecule is COC(=O)C[C@H](C(=O)N1[C@@H]2C[C@@H]2C[C@H]1c1nc(-c2ccc(-c3ccc(C4=C(Cl)N=C([C@@H]5C[C@H]6C[C@H]6N5C(=O)[C@@H](NC(=O)OC)C5CC5)C4)cc3)cc2)c(Cl)[nH]1)C1CC1. The molecule has 3 aromatic rings. The maximum Gasteiger partial charge on any atom is 0.407 e. The van der Waals surface area contributed by atoms with E-state index in [2.05, 4.69) is 34.6 Å². The lowest BCUT2D eigenvalue weighted by atomic mass is 9.95. The normalized spacial score (nSPS) is 27.8. The summed E-state index contributed by atoms with van der Waals surface area (Å²) in [5, 5.41) is 3.68. The molecule has 10 rings (SSSR count). The molecule has 8 atom stereocenters. The Morgan fingerprint density at radius 3 is 1.97 bits per heavy atom. The second kappa shape index (κ2) is 14.5. The van der Waals surface area contributed by atoms with Crippen LogP contribution in [0.5, 0.6) is 0 Å². The summed E-state index contributed by atoms with van der Waals surface area (Å²) in [6.07, 6.45) is 7.52. The first-order chi connectivity index (χ1) is 28.1. The summed E-state index contributed by atoms with van der Waals surface area (Å²) in [4.78, 5) is 69.2. The molecular formula is C44H46Cl2N6O6. The number of aliphatic imine (C=N–C) groups is 1. The quantitative estimate of drug-likeness (QED) is 0.142. The summed E-state index contributed by atoms with van der Waals surface area (Å²) < 4.78 is 9.76. The number of methoxy groups -OCH3 is 2. The number of likely N-dealkylation sites (tertiary alicyclic amines) is 2. The first-order valence-electron chi connectivity index (χ1n) is 20.6. The summed E-state index contributed by atoms with van der Waals surface area (Å²) in [6.45, 7) is 0. The van der Waals surface area contributed by atoms with Crippen LogP contribution in [0, 0.1) is 29.6 Å². The molecule has 0 bridgehead atoms. The molecule has 2 saturated heterocycles. The van der Waals surface area contributed by atoms with E-state index < -0.39 is 12.1 Å². The Hall–Kier alpha value is -4.68. The first-order valence-corrected chi connectivity index (χ1v) is 21.3. The molecule has 12 nitrogen and oxygen atoms in total. The maximum absolute atomic E-state index is 13.9. The fraction of sp³-hybridized carbons (Fsp3) is 0.500. The lowest BCUT2D eigenvalue weighted by Crippen LogP contribution is -2.53. The Bertz CT molecular complexity index is 2250. The number of amides is 3. The van der Waals surface area contributed by atoms with Crippen molar-refractivity contribution >= 4 is 58.4 Å². The molecule has 14 heteroatoms. The van der Waals surface area contributed by atoms with Gasteiger partial charge in [-0.2, -0.15) is 0 Å². The van der Waals surface area contributed by atoms with Crippen LogP contribution in [0.25, 0.3) is 28.0 Å². The van der Waals surface area contributed by atoms with Crippen LogP contribution in [0.1, 0.15) is 81.6 Å². The van der Waals surface area contributed by atoms with E-state index in [0.717, 1.165) is 84.9 Å². The van der Waals surface area contributed by atoms with Gasteiger partial charge in [0, 0.05) is 35.4 Å². The van der Waals surface area contributed by atoms with Crippen molar-refractivity contribution in [3.63, 3.8) is 0 Å². The number of aromatic amines is 1. The monoisotopic (exact) mass is 824 g/mol. The molecule has 2 aromatic carbocycles. The van der Waals surface area contributed by atoms with Crippen LogP contribution in [-0.4, -0.2) is 87.7 Å². The zero-order valence-corrected chi connectivity index (χ0v) is 34.0. The van der Waals surface area contributed by atoms with E-state index in [-0.39, 0.29) is 66.1 Å². The number of allylic oxidation sites excluding steroid dienone is 1. The number of aromatic nitrogens is 2. The highest BCUT2D eigenvalue weighted by atomic mass is 35.5. The van der Waals surface area contributed by atoms with Crippen molar-refractivity contribution in [3.8, 4) is 22.4 Å². The number of benzene rings is 2. The summed E-state index contributed by atoms with van der Waals surface area (Å²) in [5.41, 5.74) is 6.39. The minimum atomic E-state index is -0.580. The zero-order chi connectivity index (χ0) is 40.0. The second-order valence-electron chi connectivity index (χ2n) is 17.3. The highest BCUT2D eigenvalue weighted by Gasteiger charge is 2.58. The van der Waals surface area contributed by atoms with Crippen molar-refractivity contribution in [2.75, 3.05) is 14.2 Å². The number of nitrogens with zero attached hydrogens (tertiary/aromatic N) is 4. The fourth-order valence-corrected chi connectivity index (χ4v) is 10.5. The Morgan fingerprint density at radius 1 is 0.776 bits per heavy atom. The van der Waals surface area contributed by atoms with Crippen molar-refractivity contribution in [2.24, 2.45) is 34.6 Å². The molecule has 0 radical (unpaired) electrons. The van der Waals surface area contributed by atoms with E-state index in [4.69, 9.17) is 42.7 Å². The van der Waals surface area contributed by atoms with Gasteiger partial charge in [0.05, 0.1) is 38.6 Å². The van der Waals surface area contributed by atoms with Crippen molar-refractivity contribution in [1.82, 2.24) is 25.1 Å². The van der Waals surface area contributed by atoms with Crippen LogP contribution in [0.3, 0.4) is 0 Å². The number of imidazole rings is 1. The third kappa shape index (κ3) is 6.89. The third-order valence-corrected chi connectivity index (χ3v) is 14.2. The van der Waals surface area contributed by atoms with Gasteiger partial charge in [0.25, 0.3) is 0 Å². The minimum Gasteiger partial charge on any atom is -0.469 e. The number of H-pyrrole nitrogens is 1. The van der Waals surface area contributed by atoms with E-state index in [1.807, 2.05) is 34.1 Å². The summed E-state index contributed by atoms with van der Waals surface area (Å²) in [5.74, 6) is 1.25. The zero-order valence-electron chi connectivity index (χ0n) is 32.5. The second-order valence-corrected chi connectivity index (χ2v) is 18.0. The highest BCUT2D eigenvalue weighted by Crippen LogP contribution is 2.55. The van der Waals surface area contributed by atoms with Gasteiger partial charge in [0.2, 0.25) is 11.8 Å². The minimum absolute atomic E-state index is 0.0312. The average molecular weight is 826 g/mol. The fourth-order valence-electron chi connectivity index (χ4n) is 9.96. The molecule has 4 aliphatic carbocycles. The van der Waals surface area contributed by atoms with Crippen LogP contribution in [0.2, 0.25) is 5.15 Å². The van der Waals surface area contributed by atoms with Gasteiger partial charge >= 0.3 is 12.1 Å². The Morgan fingerprint density at radius 2 is 1.36 bits per heavy atom. The van der Waals surface area contributed by atoms with Crippen LogP contribution in [-0.2, 0) is 23.9 Å². The smallest absolute Gasteiger partial charge is 0.407 e. The van der Waals surface area contributed by atoms with E-state index in [1.54, 1.807) is 0 Å². The van der Waals surface area contributed by atoms with Gasteiger partial charge in [-0.05, 0) is 91.7 Å². The lowest BCUT2D eigenvalue weighted by Gasteiger charge is -2.31. The van der Waals surface area contributed by atoms with Crippen molar-refractivity contribution in [2.45, 2.75) is 94.4 Å². The Labute approximate surface area is 346 Å². The van der Waals surface area contributed by atoms with Crippen LogP contribution >= 0.6 is 23.2 Å². The molecule has 4 heterocycles. The lowest BCUT2D eigenvalue weighted by molar-refractivity contribution is -0.148. The van der Waals surface area contributed by atoms with Gasteiger partial charge in [-0.1, -0.05) is 71.7 Å². The maximum atomic E-state index is 13.9. The molecule has 6 fully saturated rings. The van der Waals surface area contributed by atoms with Gasteiger partial charge in [-0.15, -0.1) is 0 Å². The highest BCUT2D eigenvalue weighted by molar-refractivity contribution is 6.35. The number of nitrogens with one attached hydrogen (secondary N) is 2. The van der Waals surface area contributed by atoms with E-state index in [1.165, 1.54) is 14.2 Å². The number of rotatable bonds is 12. The topological polar surface area (TPSA) is 146 Å². The number of carbonyl (C=O) groups excluding carboxylic acids is 4. The number of ether oxygens (including phenoxy) is 2. The van der Waals surface area contributed by atoms with Crippen LogP contribution in [0.15, 0.2) is 58.7 Å². The van der Waals surface area contributed by atoms with Crippen molar-refractivity contribution < 1.29 is 28.7 Å². The molecule has 3 aliphatic heterocycles. The first kappa shape index (κ1) is 37.6. The van der Waals surface area contributed by atoms with Gasteiger partial charge < -0.3 is 29.6 Å². The number of carbonyl (C=O) groups is 4. The molecule has 0 spiro atoms. The summed E-state index contributed by atoms with van der Waals surface area (Å²) in [6, 6.07) is 15.8. The van der Waals surface area contributed by atoms with Gasteiger partial charge in [-0.25, -0.2) is 14.8 Å². The number of hydrogen-bond donors (Lipinski definition) is 2. The van der Waals surface area contributed by atoms with E-state index in [0.29, 0.717) is 40.1 Å². The van der Waals surface area contributed by atoms with Crippen molar-refractivity contribution in [3.05, 3.63) is 70.2 Å². The molecule has 58 heavy (non-hydrogen) atoms. The molecule has 1 aromatic heterocycles. The summed E-state index contributed by atoms with van der Waals surface area (Å²) >= 11 is 13.6. The predicted molar refractivity (Wildman–Crippen MR) is 217 cm³/mol. The van der Waals surface area contributed by atoms with Crippen LogP contribution < -0.4 is 5.32 Å². The number of hydrogen-bond acceptors (Lipinski definition) is 8. The molecule has 4 saturated carbocycles. The molecular weight excluding hydrogens is 779 g/mol.